The first-order valence-corrected chi connectivity index (χ1v) is 9.92. The van der Waals surface area contributed by atoms with Crippen molar-refractivity contribution in [2.75, 3.05) is 0 Å². The van der Waals surface area contributed by atoms with Gasteiger partial charge in [-0.25, -0.2) is 0 Å². The number of ether oxygens (including phenoxy) is 1. The third-order valence-electron chi connectivity index (χ3n) is 4.24. The maximum absolute atomic E-state index is 12.9. The third kappa shape index (κ3) is 5.51. The molecule has 0 aliphatic carbocycles. The fourth-order valence-corrected chi connectivity index (χ4v) is 3.40. The van der Waals surface area contributed by atoms with Crippen molar-refractivity contribution in [1.82, 2.24) is 0 Å². The third-order valence-corrected chi connectivity index (χ3v) is 5.04. The largest absolute Gasteiger partial charge is 0.447 e. The van der Waals surface area contributed by atoms with E-state index in [4.69, 9.17) is 39.5 Å². The summed E-state index contributed by atoms with van der Waals surface area (Å²) in [5.74, 6) is -0.588. The van der Waals surface area contributed by atoms with Crippen LogP contribution in [0, 0.1) is 17.0 Å². The molecule has 0 saturated carbocycles. The van der Waals surface area contributed by atoms with Crippen LogP contribution >= 0.6 is 34.8 Å². The number of nitro groups is 1. The van der Waals surface area contributed by atoms with E-state index in [0.717, 1.165) is 11.6 Å². The van der Waals surface area contributed by atoms with Crippen molar-refractivity contribution in [3.63, 3.8) is 0 Å². The van der Waals surface area contributed by atoms with E-state index < -0.39 is 28.1 Å². The number of hydrogen-bond acceptors (Lipinski definition) is 4. The number of rotatable bonds is 5. The van der Waals surface area contributed by atoms with Gasteiger partial charge in [0, 0.05) is 17.3 Å². The van der Waals surface area contributed by atoms with Crippen molar-refractivity contribution in [2.24, 2.45) is 4.99 Å². The molecule has 0 unspecified atom stereocenters. The van der Waals surface area contributed by atoms with Gasteiger partial charge in [0.15, 0.2) is 5.75 Å². The average molecular weight is 504 g/mol. The molecule has 0 atom stereocenters. The molecule has 0 radical (unpaired) electrons. The Kier molecular flexibility index (Phi) is 6.97. The van der Waals surface area contributed by atoms with Crippen molar-refractivity contribution in [1.29, 1.82) is 0 Å². The molecule has 0 fully saturated rings. The Morgan fingerprint density at radius 3 is 2.28 bits per heavy atom. The van der Waals surface area contributed by atoms with Gasteiger partial charge in [0.05, 0.1) is 26.2 Å². The topological polar surface area (TPSA) is 64.7 Å². The minimum atomic E-state index is -4.75. The summed E-state index contributed by atoms with van der Waals surface area (Å²) in [6.07, 6.45) is -3.26. The zero-order chi connectivity index (χ0) is 23.6. The smallest absolute Gasteiger partial charge is 0.416 e. The lowest BCUT2D eigenvalue weighted by atomic mass is 10.1. The SMILES string of the molecule is Cc1ccc(Cl)cc1N=Cc1cc(Cl)c(Oc2ccc(C(F)(F)F)cc2[N+](=O)[O-])c(Cl)c1. The summed E-state index contributed by atoms with van der Waals surface area (Å²) >= 11 is 18.4. The summed E-state index contributed by atoms with van der Waals surface area (Å²) in [5.41, 5.74) is -0.0536. The normalized spacial score (nSPS) is 11.7. The van der Waals surface area contributed by atoms with Gasteiger partial charge in [-0.15, -0.1) is 0 Å². The summed E-state index contributed by atoms with van der Waals surface area (Å²) in [6, 6.07) is 10.00. The molecule has 0 spiro atoms. The number of hydrogen-bond donors (Lipinski definition) is 0. The molecule has 5 nitrogen and oxygen atoms in total. The van der Waals surface area contributed by atoms with Crippen molar-refractivity contribution < 1.29 is 22.8 Å². The summed E-state index contributed by atoms with van der Waals surface area (Å²) < 4.78 is 44.1. The maximum Gasteiger partial charge on any atom is 0.416 e. The van der Waals surface area contributed by atoms with Gasteiger partial charge in [-0.05, 0) is 54.4 Å². The van der Waals surface area contributed by atoms with Gasteiger partial charge >= 0.3 is 11.9 Å². The minimum Gasteiger partial charge on any atom is -0.447 e. The molecule has 32 heavy (non-hydrogen) atoms. The lowest BCUT2D eigenvalue weighted by molar-refractivity contribution is -0.385. The average Bonchev–Trinajstić information content (AvgIpc) is 2.70. The van der Waals surface area contributed by atoms with Crippen LogP contribution in [0.2, 0.25) is 15.1 Å². The zero-order valence-electron chi connectivity index (χ0n) is 16.1. The Morgan fingerprint density at radius 2 is 1.69 bits per heavy atom. The molecule has 0 heterocycles. The monoisotopic (exact) mass is 502 g/mol. The van der Waals surface area contributed by atoms with Gasteiger partial charge in [-0.3, -0.25) is 15.1 Å². The number of alkyl halides is 3. The van der Waals surface area contributed by atoms with Crippen LogP contribution in [0.3, 0.4) is 0 Å². The highest BCUT2D eigenvalue weighted by Gasteiger charge is 2.33. The van der Waals surface area contributed by atoms with Gasteiger partial charge in [0.2, 0.25) is 5.75 Å². The highest BCUT2D eigenvalue weighted by atomic mass is 35.5. The standard InChI is InChI=1S/C21H12Cl3F3N2O3/c1-11-2-4-14(22)9-17(11)28-10-12-6-15(23)20(16(24)7-12)32-19-5-3-13(21(25,26)27)8-18(19)29(30)31/h2-10H,1H3. The van der Waals surface area contributed by atoms with Crippen molar-refractivity contribution >= 4 is 52.4 Å². The van der Waals surface area contributed by atoms with E-state index in [1.165, 1.54) is 18.3 Å². The summed E-state index contributed by atoms with van der Waals surface area (Å²) in [7, 11) is 0. The highest BCUT2D eigenvalue weighted by molar-refractivity contribution is 6.37. The van der Waals surface area contributed by atoms with E-state index in [9.17, 15) is 23.3 Å². The second kappa shape index (κ2) is 9.36. The lowest BCUT2D eigenvalue weighted by Crippen LogP contribution is -2.06. The Morgan fingerprint density at radius 1 is 1.03 bits per heavy atom. The molecule has 11 heteroatoms. The van der Waals surface area contributed by atoms with Crippen LogP contribution < -0.4 is 4.74 Å². The second-order valence-corrected chi connectivity index (χ2v) is 7.79. The Hall–Kier alpha value is -2.81. The van der Waals surface area contributed by atoms with Crippen LogP contribution in [0.5, 0.6) is 11.5 Å². The maximum atomic E-state index is 12.9. The van der Waals surface area contributed by atoms with E-state index >= 15 is 0 Å². The number of aliphatic imine (C=N–C) groups is 1. The van der Waals surface area contributed by atoms with E-state index in [1.807, 2.05) is 13.0 Å². The Labute approximate surface area is 195 Å². The Bertz CT molecular complexity index is 1210. The number of halogens is 6. The first kappa shape index (κ1) is 23.8. The molecule has 0 saturated heterocycles. The molecule has 166 valence electrons. The summed E-state index contributed by atoms with van der Waals surface area (Å²) in [4.78, 5) is 14.6. The number of nitro benzene ring substituents is 1. The molecule has 0 amide bonds. The van der Waals surface area contributed by atoms with Crippen LogP contribution in [0.15, 0.2) is 53.5 Å². The molecular formula is C21H12Cl3F3N2O3. The molecule has 0 bridgehead atoms. The van der Waals surface area contributed by atoms with Crippen molar-refractivity contribution in [3.8, 4) is 11.5 Å². The van der Waals surface area contributed by atoms with E-state index in [1.54, 1.807) is 12.1 Å². The van der Waals surface area contributed by atoms with Gasteiger partial charge < -0.3 is 4.74 Å². The van der Waals surface area contributed by atoms with Gasteiger partial charge in [-0.2, -0.15) is 13.2 Å². The van der Waals surface area contributed by atoms with Crippen LogP contribution in [-0.2, 0) is 6.18 Å². The van der Waals surface area contributed by atoms with E-state index in [0.29, 0.717) is 28.4 Å². The van der Waals surface area contributed by atoms with Crippen molar-refractivity contribution in [2.45, 2.75) is 13.1 Å². The van der Waals surface area contributed by atoms with Crippen LogP contribution in [-0.4, -0.2) is 11.1 Å². The van der Waals surface area contributed by atoms with Gasteiger partial charge in [0.1, 0.15) is 0 Å². The highest BCUT2D eigenvalue weighted by Crippen LogP contribution is 2.42. The molecule has 3 aromatic rings. The molecule has 0 N–H and O–H groups in total. The molecular weight excluding hydrogens is 492 g/mol. The van der Waals surface area contributed by atoms with E-state index in [-0.39, 0.29) is 15.8 Å². The van der Waals surface area contributed by atoms with Gasteiger partial charge in [0.25, 0.3) is 0 Å². The van der Waals surface area contributed by atoms with Crippen LogP contribution in [0.4, 0.5) is 24.5 Å². The molecule has 3 rings (SSSR count). The fraction of sp³-hybridized carbons (Fsp3) is 0.0952. The zero-order valence-corrected chi connectivity index (χ0v) is 18.4. The quantitative estimate of drug-likeness (QED) is 0.199. The Balaban J connectivity index is 1.93. The predicted molar refractivity (Wildman–Crippen MR) is 118 cm³/mol. The predicted octanol–water partition coefficient (Wildman–Crippen LogP) is 8.43. The van der Waals surface area contributed by atoms with Crippen LogP contribution in [0.25, 0.3) is 0 Å². The second-order valence-electron chi connectivity index (χ2n) is 6.54. The van der Waals surface area contributed by atoms with E-state index in [2.05, 4.69) is 4.99 Å². The molecule has 3 aromatic carbocycles. The first-order valence-electron chi connectivity index (χ1n) is 8.78. The first-order chi connectivity index (χ1) is 15.0. The fourth-order valence-electron chi connectivity index (χ4n) is 2.65. The minimum absolute atomic E-state index is 0.0176. The summed E-state index contributed by atoms with van der Waals surface area (Å²) in [5, 5.41) is 11.7. The lowest BCUT2D eigenvalue weighted by Gasteiger charge is -2.12. The molecule has 0 aromatic heterocycles. The van der Waals surface area contributed by atoms with Gasteiger partial charge in [-0.1, -0.05) is 40.9 Å². The number of aryl methyl sites for hydroxylation is 1. The molecule has 0 aliphatic rings. The molecule has 0 aliphatic heterocycles. The van der Waals surface area contributed by atoms with Crippen molar-refractivity contribution in [3.05, 3.63) is 90.4 Å². The number of benzene rings is 3. The number of nitrogens with zero attached hydrogens (tertiary/aromatic N) is 2. The summed E-state index contributed by atoms with van der Waals surface area (Å²) in [6.45, 7) is 1.86. The van der Waals surface area contributed by atoms with Crippen LogP contribution in [0.1, 0.15) is 16.7 Å².